The lowest BCUT2D eigenvalue weighted by molar-refractivity contribution is 0.0660. The molecule has 1 N–H and O–H groups in total. The fourth-order valence-electron chi connectivity index (χ4n) is 3.62. The van der Waals surface area contributed by atoms with Gasteiger partial charge in [-0.25, -0.2) is 0 Å². The zero-order valence-corrected chi connectivity index (χ0v) is 19.6. The van der Waals surface area contributed by atoms with E-state index in [-0.39, 0.29) is 24.8 Å². The van der Waals surface area contributed by atoms with Crippen LogP contribution in [0.2, 0.25) is 0 Å². The lowest BCUT2D eigenvalue weighted by atomic mass is 10.1. The Morgan fingerprint density at radius 3 is 2.40 bits per heavy atom. The molecule has 6 heteroatoms. The van der Waals surface area contributed by atoms with Crippen LogP contribution in [0.1, 0.15) is 16.7 Å². The molecule has 166 valence electrons. The zero-order chi connectivity index (χ0) is 19.9. The molecule has 0 saturated carbocycles. The molecule has 0 aromatic heterocycles. The van der Waals surface area contributed by atoms with E-state index in [1.807, 2.05) is 30.3 Å². The summed E-state index contributed by atoms with van der Waals surface area (Å²) in [4.78, 5) is 4.75. The first-order chi connectivity index (χ1) is 13.6. The topological polar surface area (TPSA) is 35.9 Å². The van der Waals surface area contributed by atoms with Gasteiger partial charge in [0, 0.05) is 38.4 Å². The number of halogens is 2. The van der Waals surface area contributed by atoms with Gasteiger partial charge in [-0.3, -0.25) is 4.90 Å². The van der Waals surface area contributed by atoms with Crippen LogP contribution in [0.5, 0.6) is 5.75 Å². The van der Waals surface area contributed by atoms with Gasteiger partial charge in [0.05, 0.1) is 0 Å². The lowest BCUT2D eigenvalue weighted by Gasteiger charge is -2.37. The van der Waals surface area contributed by atoms with E-state index >= 15 is 0 Å². The van der Waals surface area contributed by atoms with Gasteiger partial charge in [-0.1, -0.05) is 30.3 Å². The predicted molar refractivity (Wildman–Crippen MR) is 131 cm³/mol. The highest BCUT2D eigenvalue weighted by Gasteiger charge is 2.20. The minimum absolute atomic E-state index is 0. The summed E-state index contributed by atoms with van der Waals surface area (Å²) in [6.45, 7) is 12.9. The molecule has 0 spiro atoms. The van der Waals surface area contributed by atoms with Gasteiger partial charge in [0.15, 0.2) is 0 Å². The van der Waals surface area contributed by atoms with E-state index in [1.165, 1.54) is 16.8 Å². The average Bonchev–Trinajstić information content (AvgIpc) is 2.70. The summed E-state index contributed by atoms with van der Waals surface area (Å²) >= 11 is 0. The molecule has 3 rings (SSSR count). The number of rotatable bonds is 8. The Hall–Kier alpha value is -1.72. The Bertz CT molecular complexity index is 793. The largest absolute Gasteiger partial charge is 0.491 e. The summed E-state index contributed by atoms with van der Waals surface area (Å²) in [5.74, 6) is 0.834. The van der Waals surface area contributed by atoms with Crippen molar-refractivity contribution in [1.82, 2.24) is 4.90 Å². The van der Waals surface area contributed by atoms with Crippen molar-refractivity contribution in [3.05, 3.63) is 71.8 Å². The predicted octanol–water partition coefficient (Wildman–Crippen LogP) is 4.44. The van der Waals surface area contributed by atoms with E-state index in [0.717, 1.165) is 43.9 Å². The minimum Gasteiger partial charge on any atom is -0.491 e. The number of hydrogen-bond acceptors (Lipinski definition) is 4. The van der Waals surface area contributed by atoms with E-state index in [1.54, 1.807) is 0 Å². The molecule has 1 aliphatic heterocycles. The number of ether oxygens (including phenoxy) is 1. The van der Waals surface area contributed by atoms with Gasteiger partial charge >= 0.3 is 0 Å². The zero-order valence-electron chi connectivity index (χ0n) is 17.9. The van der Waals surface area contributed by atoms with Crippen molar-refractivity contribution in [3.8, 4) is 5.75 Å². The molecule has 30 heavy (non-hydrogen) atoms. The Morgan fingerprint density at radius 1 is 1.03 bits per heavy atom. The van der Waals surface area contributed by atoms with Crippen LogP contribution < -0.4 is 9.64 Å². The smallest absolute Gasteiger partial charge is 0.122 e. The van der Waals surface area contributed by atoms with Gasteiger partial charge in [-0.15, -0.1) is 31.4 Å². The highest BCUT2D eigenvalue weighted by atomic mass is 35.5. The Morgan fingerprint density at radius 2 is 1.73 bits per heavy atom. The fourth-order valence-corrected chi connectivity index (χ4v) is 3.62. The molecule has 0 amide bonds. The molecule has 2 aromatic rings. The molecule has 1 heterocycles. The van der Waals surface area contributed by atoms with Crippen molar-refractivity contribution >= 4 is 30.5 Å². The number of allylic oxidation sites excluding steroid dienone is 1. The summed E-state index contributed by atoms with van der Waals surface area (Å²) in [6, 6.07) is 14.6. The molecule has 0 bridgehead atoms. The van der Waals surface area contributed by atoms with Gasteiger partial charge < -0.3 is 14.7 Å². The lowest BCUT2D eigenvalue weighted by Crippen LogP contribution is -2.49. The number of aliphatic hydroxyl groups is 1. The minimum atomic E-state index is -0.495. The van der Waals surface area contributed by atoms with Crippen molar-refractivity contribution in [3.63, 3.8) is 0 Å². The Kier molecular flexibility index (Phi) is 11.3. The van der Waals surface area contributed by atoms with E-state index in [2.05, 4.69) is 48.4 Å². The first-order valence-electron chi connectivity index (χ1n) is 10.1. The second-order valence-corrected chi connectivity index (χ2v) is 7.62. The number of piperazine rings is 1. The molecule has 0 radical (unpaired) electrons. The summed E-state index contributed by atoms with van der Waals surface area (Å²) in [5.41, 5.74) is 5.07. The standard InChI is InChI=1S/C24H32N2O2.2ClH/c1-4-7-21-8-5-6-9-24(21)28-18-23(27)17-25-12-14-26(15-13-25)22-11-10-19(2)20(3)16-22;;/h4-6,8-11,16,23,27H,1,7,12-15,17-18H2,2-3H3;2*1H. The average molecular weight is 453 g/mol. The molecular formula is C24H34Cl2N2O2. The molecule has 1 saturated heterocycles. The molecule has 1 fully saturated rings. The number of aliphatic hydroxyl groups excluding tert-OH is 1. The molecule has 0 aliphatic carbocycles. The van der Waals surface area contributed by atoms with E-state index < -0.39 is 6.10 Å². The summed E-state index contributed by atoms with van der Waals surface area (Å²) in [7, 11) is 0. The number of nitrogens with zero attached hydrogens (tertiary/aromatic N) is 2. The maximum atomic E-state index is 10.4. The maximum Gasteiger partial charge on any atom is 0.122 e. The van der Waals surface area contributed by atoms with E-state index in [4.69, 9.17) is 4.74 Å². The van der Waals surface area contributed by atoms with Gasteiger partial charge in [-0.2, -0.15) is 0 Å². The van der Waals surface area contributed by atoms with Crippen LogP contribution in [-0.4, -0.2) is 55.4 Å². The van der Waals surface area contributed by atoms with E-state index in [9.17, 15) is 5.11 Å². The normalized spacial score (nSPS) is 15.0. The van der Waals surface area contributed by atoms with Crippen molar-refractivity contribution in [2.24, 2.45) is 0 Å². The SMILES string of the molecule is C=CCc1ccccc1OCC(O)CN1CCN(c2ccc(C)c(C)c2)CC1.Cl.Cl. The van der Waals surface area contributed by atoms with Gasteiger partial charge in [0.25, 0.3) is 0 Å². The Balaban J connectivity index is 0.00000225. The summed E-state index contributed by atoms with van der Waals surface area (Å²) in [5, 5.41) is 10.4. The quantitative estimate of drug-likeness (QED) is 0.600. The van der Waals surface area contributed by atoms with Gasteiger partial charge in [0.2, 0.25) is 0 Å². The van der Waals surface area contributed by atoms with Crippen LogP contribution >= 0.6 is 24.8 Å². The second-order valence-electron chi connectivity index (χ2n) is 7.62. The number of benzene rings is 2. The molecular weight excluding hydrogens is 419 g/mol. The molecule has 4 nitrogen and oxygen atoms in total. The van der Waals surface area contributed by atoms with Crippen molar-refractivity contribution in [1.29, 1.82) is 0 Å². The number of para-hydroxylation sites is 1. The third-order valence-electron chi connectivity index (χ3n) is 5.46. The number of hydrogen-bond donors (Lipinski definition) is 1. The number of anilines is 1. The van der Waals surface area contributed by atoms with Crippen molar-refractivity contribution in [2.45, 2.75) is 26.4 Å². The van der Waals surface area contributed by atoms with Crippen LogP contribution in [0.3, 0.4) is 0 Å². The van der Waals surface area contributed by atoms with Gasteiger partial charge in [-0.05, 0) is 55.2 Å². The van der Waals surface area contributed by atoms with Crippen LogP contribution in [0.15, 0.2) is 55.1 Å². The molecule has 2 aromatic carbocycles. The van der Waals surface area contributed by atoms with Crippen LogP contribution in [0.4, 0.5) is 5.69 Å². The monoisotopic (exact) mass is 452 g/mol. The highest BCUT2D eigenvalue weighted by Crippen LogP contribution is 2.21. The first-order valence-corrected chi connectivity index (χ1v) is 10.1. The number of β-amino-alcohol motifs (C(OH)–C–C–N with tert-alkyl or cyclic N) is 1. The number of aryl methyl sites for hydroxylation is 2. The second kappa shape index (κ2) is 12.9. The van der Waals surface area contributed by atoms with Crippen molar-refractivity contribution < 1.29 is 9.84 Å². The third kappa shape index (κ3) is 7.21. The molecule has 1 atom stereocenters. The van der Waals surface area contributed by atoms with Crippen LogP contribution in [0.25, 0.3) is 0 Å². The molecule has 1 aliphatic rings. The van der Waals surface area contributed by atoms with Crippen LogP contribution in [0, 0.1) is 13.8 Å². The van der Waals surface area contributed by atoms with Crippen molar-refractivity contribution in [2.75, 3.05) is 44.2 Å². The van der Waals surface area contributed by atoms with Gasteiger partial charge in [0.1, 0.15) is 18.5 Å². The Labute approximate surface area is 193 Å². The summed E-state index contributed by atoms with van der Waals surface area (Å²) < 4.78 is 5.87. The summed E-state index contributed by atoms with van der Waals surface area (Å²) in [6.07, 6.45) is 2.14. The van der Waals surface area contributed by atoms with Crippen LogP contribution in [-0.2, 0) is 6.42 Å². The fraction of sp³-hybridized carbons (Fsp3) is 0.417. The maximum absolute atomic E-state index is 10.4. The third-order valence-corrected chi connectivity index (χ3v) is 5.46. The molecule has 1 unspecified atom stereocenters. The first kappa shape index (κ1) is 26.3. The van der Waals surface area contributed by atoms with E-state index in [0.29, 0.717) is 13.2 Å². The highest BCUT2D eigenvalue weighted by molar-refractivity contribution is 5.85.